The Morgan fingerprint density at radius 1 is 1.09 bits per heavy atom. The lowest BCUT2D eigenvalue weighted by atomic mass is 10.1. The third-order valence-electron chi connectivity index (χ3n) is 4.61. The van der Waals surface area contributed by atoms with E-state index in [2.05, 4.69) is 0 Å². The van der Waals surface area contributed by atoms with Crippen LogP contribution in [0.4, 0.5) is 4.79 Å². The molecule has 2 aromatic carbocycles. The number of imide groups is 1. The molecule has 0 aromatic heterocycles. The van der Waals surface area contributed by atoms with Gasteiger partial charge in [0, 0.05) is 12.8 Å². The molecule has 0 N–H and O–H groups in total. The molecular formula is C19H17NO3. The van der Waals surface area contributed by atoms with E-state index in [0.29, 0.717) is 19.3 Å². The molecular weight excluding hydrogens is 290 g/mol. The molecule has 0 spiro atoms. The van der Waals surface area contributed by atoms with E-state index in [0.717, 1.165) is 16.7 Å². The Hall–Kier alpha value is -2.62. The van der Waals surface area contributed by atoms with Crippen molar-refractivity contribution in [2.75, 3.05) is 0 Å². The summed E-state index contributed by atoms with van der Waals surface area (Å²) < 4.78 is 5.42. The van der Waals surface area contributed by atoms with Gasteiger partial charge in [-0.25, -0.2) is 9.69 Å². The summed E-state index contributed by atoms with van der Waals surface area (Å²) in [5.41, 5.74) is 3.30. The van der Waals surface area contributed by atoms with E-state index in [-0.39, 0.29) is 18.1 Å². The molecule has 1 heterocycles. The summed E-state index contributed by atoms with van der Waals surface area (Å²) in [5, 5.41) is 0. The monoisotopic (exact) mass is 307 g/mol. The van der Waals surface area contributed by atoms with E-state index < -0.39 is 6.09 Å². The fraction of sp³-hybridized carbons (Fsp3) is 0.263. The number of carbonyl (C=O) groups excluding carboxylic acids is 2. The SMILES string of the molecule is O=C(CCc1ccccc1)N1C(=O)O[C@H]2Cc3ccccc3[C@H]21. The largest absolute Gasteiger partial charge is 0.443 e. The lowest BCUT2D eigenvalue weighted by Gasteiger charge is -2.19. The van der Waals surface area contributed by atoms with Crippen LogP contribution in [0.3, 0.4) is 0 Å². The van der Waals surface area contributed by atoms with Crippen molar-refractivity contribution in [3.8, 4) is 0 Å². The zero-order valence-corrected chi connectivity index (χ0v) is 12.6. The van der Waals surface area contributed by atoms with E-state index in [1.807, 2.05) is 54.6 Å². The molecule has 2 atom stereocenters. The number of ether oxygens (including phenoxy) is 1. The highest BCUT2D eigenvalue weighted by Gasteiger charge is 2.49. The highest BCUT2D eigenvalue weighted by molar-refractivity contribution is 5.94. The normalized spacial score (nSPS) is 21.7. The Balaban J connectivity index is 1.53. The highest BCUT2D eigenvalue weighted by atomic mass is 16.6. The van der Waals surface area contributed by atoms with Gasteiger partial charge in [-0.3, -0.25) is 4.79 Å². The van der Waals surface area contributed by atoms with Crippen LogP contribution < -0.4 is 0 Å². The Labute approximate surface area is 134 Å². The Morgan fingerprint density at radius 3 is 2.65 bits per heavy atom. The van der Waals surface area contributed by atoms with Crippen LogP contribution in [0.25, 0.3) is 0 Å². The van der Waals surface area contributed by atoms with Gasteiger partial charge in [0.25, 0.3) is 0 Å². The second-order valence-electron chi connectivity index (χ2n) is 6.02. The van der Waals surface area contributed by atoms with Gasteiger partial charge < -0.3 is 4.74 Å². The lowest BCUT2D eigenvalue weighted by molar-refractivity contribution is -0.129. The summed E-state index contributed by atoms with van der Waals surface area (Å²) in [7, 11) is 0. The van der Waals surface area contributed by atoms with Crippen molar-refractivity contribution in [2.45, 2.75) is 31.4 Å². The van der Waals surface area contributed by atoms with Gasteiger partial charge >= 0.3 is 6.09 Å². The minimum Gasteiger partial charge on any atom is -0.443 e. The van der Waals surface area contributed by atoms with Gasteiger partial charge in [-0.15, -0.1) is 0 Å². The Morgan fingerprint density at radius 2 is 1.83 bits per heavy atom. The molecule has 4 nitrogen and oxygen atoms in total. The third-order valence-corrected chi connectivity index (χ3v) is 4.61. The number of carbonyl (C=O) groups is 2. The second kappa shape index (κ2) is 5.54. The molecule has 1 saturated heterocycles. The summed E-state index contributed by atoms with van der Waals surface area (Å²) in [6.07, 6.45) is 0.885. The van der Waals surface area contributed by atoms with Crippen LogP contribution in [-0.2, 0) is 22.4 Å². The molecule has 116 valence electrons. The van der Waals surface area contributed by atoms with Crippen LogP contribution in [0, 0.1) is 0 Å². The van der Waals surface area contributed by atoms with E-state index in [1.165, 1.54) is 4.90 Å². The zero-order valence-electron chi connectivity index (χ0n) is 12.6. The van der Waals surface area contributed by atoms with Crippen molar-refractivity contribution < 1.29 is 14.3 Å². The minimum absolute atomic E-state index is 0.164. The number of nitrogens with zero attached hydrogens (tertiary/aromatic N) is 1. The molecule has 0 saturated carbocycles. The van der Waals surface area contributed by atoms with Crippen LogP contribution in [0.2, 0.25) is 0 Å². The van der Waals surface area contributed by atoms with Gasteiger partial charge in [0.1, 0.15) is 12.1 Å². The van der Waals surface area contributed by atoms with E-state index >= 15 is 0 Å². The number of rotatable bonds is 3. The van der Waals surface area contributed by atoms with Crippen molar-refractivity contribution in [2.24, 2.45) is 0 Å². The van der Waals surface area contributed by atoms with Crippen LogP contribution in [-0.4, -0.2) is 23.0 Å². The van der Waals surface area contributed by atoms with Crippen LogP contribution in [0.15, 0.2) is 54.6 Å². The first-order valence-corrected chi connectivity index (χ1v) is 7.88. The molecule has 1 fully saturated rings. The standard InChI is InChI=1S/C19H17NO3/c21-17(11-10-13-6-2-1-3-7-13)20-18-15-9-5-4-8-14(15)12-16(18)23-19(20)22/h1-9,16,18H,10-12H2/t16-,18+/m0/s1. The van der Waals surface area contributed by atoms with Crippen molar-refractivity contribution in [3.05, 3.63) is 71.3 Å². The van der Waals surface area contributed by atoms with Gasteiger partial charge in [0.15, 0.2) is 0 Å². The number of aryl methyl sites for hydroxylation is 1. The highest BCUT2D eigenvalue weighted by Crippen LogP contribution is 2.42. The molecule has 4 heteroatoms. The second-order valence-corrected chi connectivity index (χ2v) is 6.02. The van der Waals surface area contributed by atoms with Gasteiger partial charge in [0.05, 0.1) is 0 Å². The van der Waals surface area contributed by atoms with Crippen LogP contribution >= 0.6 is 0 Å². The van der Waals surface area contributed by atoms with Gasteiger partial charge in [-0.05, 0) is 23.1 Å². The maximum Gasteiger partial charge on any atom is 0.417 e. The van der Waals surface area contributed by atoms with E-state index in [4.69, 9.17) is 4.74 Å². The van der Waals surface area contributed by atoms with Crippen molar-refractivity contribution in [3.63, 3.8) is 0 Å². The molecule has 23 heavy (non-hydrogen) atoms. The van der Waals surface area contributed by atoms with Crippen LogP contribution in [0.5, 0.6) is 0 Å². The lowest BCUT2D eigenvalue weighted by Crippen LogP contribution is -2.34. The number of hydrogen-bond acceptors (Lipinski definition) is 3. The first-order valence-electron chi connectivity index (χ1n) is 7.88. The number of fused-ring (bicyclic) bond motifs is 3. The fourth-order valence-corrected chi connectivity index (χ4v) is 3.52. The molecule has 2 amide bonds. The molecule has 2 aliphatic rings. The van der Waals surface area contributed by atoms with E-state index in [1.54, 1.807) is 0 Å². The molecule has 2 aromatic rings. The summed E-state index contributed by atoms with van der Waals surface area (Å²) in [6.45, 7) is 0. The number of hydrogen-bond donors (Lipinski definition) is 0. The Bertz CT molecular complexity index is 756. The molecule has 0 unspecified atom stereocenters. The average Bonchev–Trinajstić information content (AvgIpc) is 3.08. The predicted molar refractivity (Wildman–Crippen MR) is 84.8 cm³/mol. The molecule has 0 radical (unpaired) electrons. The first kappa shape index (κ1) is 14.0. The first-order chi connectivity index (χ1) is 11.2. The predicted octanol–water partition coefficient (Wildman–Crippen LogP) is 3.26. The maximum atomic E-state index is 12.6. The number of amides is 2. The van der Waals surface area contributed by atoms with Crippen molar-refractivity contribution in [1.29, 1.82) is 0 Å². The summed E-state index contributed by atoms with van der Waals surface area (Å²) in [6, 6.07) is 17.5. The molecule has 4 rings (SSSR count). The summed E-state index contributed by atoms with van der Waals surface area (Å²) in [4.78, 5) is 26.1. The molecule has 1 aliphatic carbocycles. The average molecular weight is 307 g/mol. The topological polar surface area (TPSA) is 46.6 Å². The summed E-state index contributed by atoms with van der Waals surface area (Å²) in [5.74, 6) is -0.164. The maximum absolute atomic E-state index is 12.6. The minimum atomic E-state index is -0.507. The quantitative estimate of drug-likeness (QED) is 0.874. The molecule has 0 bridgehead atoms. The smallest absolute Gasteiger partial charge is 0.417 e. The zero-order chi connectivity index (χ0) is 15.8. The van der Waals surface area contributed by atoms with Gasteiger partial charge in [-0.1, -0.05) is 54.6 Å². The number of benzene rings is 2. The van der Waals surface area contributed by atoms with Gasteiger partial charge in [-0.2, -0.15) is 0 Å². The van der Waals surface area contributed by atoms with Crippen molar-refractivity contribution in [1.82, 2.24) is 4.90 Å². The fourth-order valence-electron chi connectivity index (χ4n) is 3.52. The van der Waals surface area contributed by atoms with Gasteiger partial charge in [0.2, 0.25) is 5.91 Å². The van der Waals surface area contributed by atoms with Crippen molar-refractivity contribution >= 4 is 12.0 Å². The van der Waals surface area contributed by atoms with E-state index in [9.17, 15) is 9.59 Å². The third kappa shape index (κ3) is 2.40. The summed E-state index contributed by atoms with van der Waals surface area (Å²) >= 11 is 0. The van der Waals surface area contributed by atoms with Crippen LogP contribution in [0.1, 0.15) is 29.2 Å². The Kier molecular flexibility index (Phi) is 3.37. The molecule has 1 aliphatic heterocycles.